The summed E-state index contributed by atoms with van der Waals surface area (Å²) < 4.78 is 2.18. The summed E-state index contributed by atoms with van der Waals surface area (Å²) in [6.45, 7) is 5.05. The van der Waals surface area contributed by atoms with Gasteiger partial charge in [0.15, 0.2) is 0 Å². The number of anilines is 1. The highest BCUT2D eigenvalue weighted by molar-refractivity contribution is 6.00. The van der Waals surface area contributed by atoms with Crippen LogP contribution in [0.1, 0.15) is 19.2 Å². The van der Waals surface area contributed by atoms with Crippen molar-refractivity contribution in [3.63, 3.8) is 0 Å². The first-order valence-electron chi connectivity index (χ1n) is 9.30. The van der Waals surface area contributed by atoms with E-state index in [1.165, 1.54) is 0 Å². The molecule has 1 aromatic carbocycles. The number of amides is 2. The van der Waals surface area contributed by atoms with E-state index in [1.807, 2.05) is 47.6 Å². The van der Waals surface area contributed by atoms with Gasteiger partial charge in [-0.15, -0.1) is 0 Å². The second kappa shape index (κ2) is 6.94. The van der Waals surface area contributed by atoms with Crippen LogP contribution in [0.15, 0.2) is 42.7 Å². The summed E-state index contributed by atoms with van der Waals surface area (Å²) in [7, 11) is 0. The van der Waals surface area contributed by atoms with Crippen LogP contribution in [0.5, 0.6) is 0 Å². The summed E-state index contributed by atoms with van der Waals surface area (Å²) in [5.74, 6) is 1.51. The summed E-state index contributed by atoms with van der Waals surface area (Å²) in [5.41, 5.74) is 0.876. The molecule has 1 aromatic heterocycles. The van der Waals surface area contributed by atoms with Gasteiger partial charge in [0.25, 0.3) is 0 Å². The van der Waals surface area contributed by atoms with E-state index in [2.05, 4.69) is 16.5 Å². The first-order chi connectivity index (χ1) is 12.7. The molecule has 6 heteroatoms. The van der Waals surface area contributed by atoms with Gasteiger partial charge in [-0.25, -0.2) is 4.98 Å². The van der Waals surface area contributed by atoms with E-state index in [-0.39, 0.29) is 17.7 Å². The van der Waals surface area contributed by atoms with E-state index >= 15 is 0 Å². The summed E-state index contributed by atoms with van der Waals surface area (Å²) >= 11 is 0. The lowest BCUT2D eigenvalue weighted by Crippen LogP contribution is -2.53. The number of aryl methyl sites for hydroxylation is 1. The Balaban J connectivity index is 1.32. The van der Waals surface area contributed by atoms with Crippen LogP contribution in [-0.2, 0) is 22.6 Å². The molecule has 136 valence electrons. The second-order valence-corrected chi connectivity index (χ2v) is 7.20. The highest BCUT2D eigenvalue weighted by atomic mass is 16.2. The molecule has 4 rings (SSSR count). The van der Waals surface area contributed by atoms with Crippen LogP contribution in [0, 0.1) is 11.8 Å². The highest BCUT2D eigenvalue weighted by Crippen LogP contribution is 2.28. The fraction of sp³-hybridized carbons (Fsp3) is 0.450. The third kappa shape index (κ3) is 3.11. The van der Waals surface area contributed by atoms with E-state index in [9.17, 15) is 9.59 Å². The molecule has 0 N–H and O–H groups in total. The number of hydrogen-bond donors (Lipinski definition) is 0. The third-order valence-electron chi connectivity index (χ3n) is 5.38. The molecule has 2 aliphatic rings. The number of carbonyl (C=O) groups is 2. The van der Waals surface area contributed by atoms with Crippen molar-refractivity contribution in [3.8, 4) is 0 Å². The van der Waals surface area contributed by atoms with E-state index < -0.39 is 0 Å². The van der Waals surface area contributed by atoms with Gasteiger partial charge in [-0.1, -0.05) is 25.1 Å². The summed E-state index contributed by atoms with van der Waals surface area (Å²) in [6.07, 6.45) is 5.08. The van der Waals surface area contributed by atoms with Crippen molar-refractivity contribution < 1.29 is 9.59 Å². The van der Waals surface area contributed by atoms with Crippen LogP contribution in [0.2, 0.25) is 0 Å². The van der Waals surface area contributed by atoms with Gasteiger partial charge in [0.2, 0.25) is 11.8 Å². The van der Waals surface area contributed by atoms with Gasteiger partial charge < -0.3 is 14.4 Å². The molecule has 26 heavy (non-hydrogen) atoms. The Bertz CT molecular complexity index is 795. The molecule has 2 fully saturated rings. The van der Waals surface area contributed by atoms with Crippen molar-refractivity contribution in [1.82, 2.24) is 14.5 Å². The van der Waals surface area contributed by atoms with Gasteiger partial charge in [-0.2, -0.15) is 0 Å². The van der Waals surface area contributed by atoms with Crippen molar-refractivity contribution in [2.24, 2.45) is 11.8 Å². The average Bonchev–Trinajstić information content (AvgIpc) is 3.24. The molecular formula is C20H24N4O2. The minimum atomic E-state index is -0.219. The predicted molar refractivity (Wildman–Crippen MR) is 98.6 cm³/mol. The van der Waals surface area contributed by atoms with Gasteiger partial charge in [0, 0.05) is 63.0 Å². The zero-order valence-electron chi connectivity index (χ0n) is 15.0. The standard InChI is InChI=1S/C20H24N4O2/c1-2-18-21-8-9-22(18)11-15-12-23(13-15)20(26)16-10-19(25)24(14-16)17-6-4-3-5-7-17/h3-9,15-16H,2,10-14H2,1H3. The summed E-state index contributed by atoms with van der Waals surface area (Å²) in [5, 5.41) is 0. The van der Waals surface area contributed by atoms with Crippen molar-refractivity contribution in [1.29, 1.82) is 0 Å². The molecule has 0 radical (unpaired) electrons. The Hall–Kier alpha value is -2.63. The SMILES string of the molecule is CCc1nccn1CC1CN(C(=O)C2CC(=O)N(c3ccccc3)C2)C1. The second-order valence-electron chi connectivity index (χ2n) is 7.20. The van der Waals surface area contributed by atoms with Crippen LogP contribution in [0.4, 0.5) is 5.69 Å². The Morgan fingerprint density at radius 1 is 1.19 bits per heavy atom. The Kier molecular flexibility index (Phi) is 4.49. The molecule has 3 heterocycles. The molecule has 0 bridgehead atoms. The first-order valence-corrected chi connectivity index (χ1v) is 9.30. The minimum Gasteiger partial charge on any atom is -0.342 e. The van der Waals surface area contributed by atoms with Gasteiger partial charge >= 0.3 is 0 Å². The van der Waals surface area contributed by atoms with Gasteiger partial charge in [0.1, 0.15) is 5.82 Å². The number of hydrogen-bond acceptors (Lipinski definition) is 3. The predicted octanol–water partition coefficient (Wildman–Crippen LogP) is 1.96. The van der Waals surface area contributed by atoms with Crippen LogP contribution in [0.3, 0.4) is 0 Å². The number of imidazole rings is 1. The van der Waals surface area contributed by atoms with E-state index in [0.717, 1.165) is 37.6 Å². The van der Waals surface area contributed by atoms with Crippen LogP contribution in [-0.4, -0.2) is 45.9 Å². The molecule has 1 atom stereocenters. The molecule has 0 aliphatic carbocycles. The third-order valence-corrected chi connectivity index (χ3v) is 5.38. The number of rotatable bonds is 5. The first kappa shape index (κ1) is 16.8. The van der Waals surface area contributed by atoms with Gasteiger partial charge in [-0.3, -0.25) is 9.59 Å². The highest BCUT2D eigenvalue weighted by Gasteiger charge is 2.40. The zero-order chi connectivity index (χ0) is 18.1. The van der Waals surface area contributed by atoms with Crippen molar-refractivity contribution in [3.05, 3.63) is 48.5 Å². The van der Waals surface area contributed by atoms with E-state index in [0.29, 0.717) is 18.9 Å². The Morgan fingerprint density at radius 2 is 1.96 bits per heavy atom. The topological polar surface area (TPSA) is 58.4 Å². The fourth-order valence-corrected chi connectivity index (χ4v) is 3.95. The van der Waals surface area contributed by atoms with E-state index in [1.54, 1.807) is 4.90 Å². The molecule has 2 amide bonds. The number of nitrogens with zero attached hydrogens (tertiary/aromatic N) is 4. The van der Waals surface area contributed by atoms with Crippen molar-refractivity contribution in [2.45, 2.75) is 26.3 Å². The van der Waals surface area contributed by atoms with Gasteiger partial charge in [0.05, 0.1) is 5.92 Å². The van der Waals surface area contributed by atoms with Crippen molar-refractivity contribution in [2.75, 3.05) is 24.5 Å². The summed E-state index contributed by atoms with van der Waals surface area (Å²) in [6, 6.07) is 9.59. The molecule has 0 saturated carbocycles. The number of carbonyl (C=O) groups excluding carboxylic acids is 2. The van der Waals surface area contributed by atoms with E-state index in [4.69, 9.17) is 0 Å². The minimum absolute atomic E-state index is 0.0395. The number of likely N-dealkylation sites (tertiary alicyclic amines) is 1. The lowest BCUT2D eigenvalue weighted by Gasteiger charge is -2.40. The zero-order valence-corrected chi connectivity index (χ0v) is 15.0. The van der Waals surface area contributed by atoms with Crippen LogP contribution in [0.25, 0.3) is 0 Å². The summed E-state index contributed by atoms with van der Waals surface area (Å²) in [4.78, 5) is 33.0. The molecule has 6 nitrogen and oxygen atoms in total. The number of aromatic nitrogens is 2. The fourth-order valence-electron chi connectivity index (χ4n) is 3.95. The smallest absolute Gasteiger partial charge is 0.228 e. The van der Waals surface area contributed by atoms with Crippen LogP contribution < -0.4 is 4.90 Å². The Labute approximate surface area is 153 Å². The lowest BCUT2D eigenvalue weighted by atomic mass is 9.96. The largest absolute Gasteiger partial charge is 0.342 e. The molecule has 1 unspecified atom stereocenters. The Morgan fingerprint density at radius 3 is 2.69 bits per heavy atom. The molecule has 2 saturated heterocycles. The maximum absolute atomic E-state index is 12.7. The normalized spacial score (nSPS) is 20.5. The molecule has 2 aromatic rings. The quantitative estimate of drug-likeness (QED) is 0.826. The average molecular weight is 352 g/mol. The monoisotopic (exact) mass is 352 g/mol. The molecule has 2 aliphatic heterocycles. The molecular weight excluding hydrogens is 328 g/mol. The maximum Gasteiger partial charge on any atom is 0.228 e. The van der Waals surface area contributed by atoms with Crippen molar-refractivity contribution >= 4 is 17.5 Å². The van der Waals surface area contributed by atoms with Crippen LogP contribution >= 0.6 is 0 Å². The lowest BCUT2D eigenvalue weighted by molar-refractivity contribution is -0.142. The number of benzene rings is 1. The van der Waals surface area contributed by atoms with Gasteiger partial charge in [-0.05, 0) is 12.1 Å². The number of para-hydroxylation sites is 1. The maximum atomic E-state index is 12.7. The molecule has 0 spiro atoms.